The highest BCUT2D eigenvalue weighted by Gasteiger charge is 2.26. The first-order valence-corrected chi connectivity index (χ1v) is 13.0. The summed E-state index contributed by atoms with van der Waals surface area (Å²) >= 11 is 0. The third kappa shape index (κ3) is 7.43. The van der Waals surface area contributed by atoms with Gasteiger partial charge in [-0.3, -0.25) is 4.31 Å². The van der Waals surface area contributed by atoms with Crippen LogP contribution < -0.4 is 28.6 Å². The quantitative estimate of drug-likeness (QED) is 0.376. The lowest BCUT2D eigenvalue weighted by molar-refractivity contribution is 0.354. The van der Waals surface area contributed by atoms with Crippen LogP contribution in [-0.2, 0) is 16.4 Å². The number of hydrogen-bond donors (Lipinski definition) is 1. The van der Waals surface area contributed by atoms with E-state index in [2.05, 4.69) is 5.32 Å². The molecule has 190 valence electrons. The van der Waals surface area contributed by atoms with E-state index in [0.717, 1.165) is 25.1 Å². The summed E-state index contributed by atoms with van der Waals surface area (Å²) < 4.78 is 48.9. The lowest BCUT2D eigenvalue weighted by atomic mass is 10.1. The van der Waals surface area contributed by atoms with Gasteiger partial charge in [0.2, 0.25) is 10.0 Å². The molecule has 2 aromatic rings. The summed E-state index contributed by atoms with van der Waals surface area (Å²) in [4.78, 5) is 0. The normalized spacial score (nSPS) is 11.4. The Bertz CT molecular complexity index is 1010. The topological polar surface area (TPSA) is 86.3 Å². The lowest BCUT2D eigenvalue weighted by Crippen LogP contribution is -2.39. The van der Waals surface area contributed by atoms with Crippen molar-refractivity contribution in [1.82, 2.24) is 5.32 Å². The molecule has 0 unspecified atom stereocenters. The van der Waals surface area contributed by atoms with Crippen LogP contribution >= 0.6 is 0 Å². The van der Waals surface area contributed by atoms with E-state index >= 15 is 0 Å². The Balaban J connectivity index is 1.85. The van der Waals surface area contributed by atoms with Crippen LogP contribution in [0.2, 0.25) is 0 Å². The monoisotopic (exact) mass is 494 g/mol. The number of benzene rings is 2. The molecular weight excluding hydrogens is 456 g/mol. The minimum Gasteiger partial charge on any atom is -0.493 e. The Morgan fingerprint density at radius 2 is 1.35 bits per heavy atom. The van der Waals surface area contributed by atoms with Crippen molar-refractivity contribution >= 4 is 15.7 Å². The van der Waals surface area contributed by atoms with Crippen molar-refractivity contribution in [2.45, 2.75) is 39.2 Å². The molecule has 0 saturated carbocycles. The van der Waals surface area contributed by atoms with Gasteiger partial charge in [-0.25, -0.2) is 8.42 Å². The second-order valence-electron chi connectivity index (χ2n) is 8.14. The van der Waals surface area contributed by atoms with Gasteiger partial charge >= 0.3 is 0 Å². The van der Waals surface area contributed by atoms with Crippen molar-refractivity contribution in [3.05, 3.63) is 42.0 Å². The van der Waals surface area contributed by atoms with Crippen molar-refractivity contribution in [3.63, 3.8) is 0 Å². The molecule has 0 heterocycles. The Labute approximate surface area is 204 Å². The summed E-state index contributed by atoms with van der Waals surface area (Å²) in [6.07, 6.45) is 2.35. The number of rotatable bonds is 15. The van der Waals surface area contributed by atoms with E-state index in [-0.39, 0.29) is 11.8 Å². The van der Waals surface area contributed by atoms with E-state index in [0.29, 0.717) is 35.9 Å². The molecule has 0 aliphatic heterocycles. The molecule has 0 radical (unpaired) electrons. The molecule has 0 aromatic heterocycles. The minimum atomic E-state index is -3.50. The number of ether oxygens (including phenoxy) is 4. The number of aryl methyl sites for hydroxylation is 1. The molecule has 0 bridgehead atoms. The molecule has 0 atom stereocenters. The summed E-state index contributed by atoms with van der Waals surface area (Å²) in [6, 6.07) is 10.9. The third-order valence-electron chi connectivity index (χ3n) is 5.41. The molecule has 2 aromatic carbocycles. The molecular formula is C25H38N2O6S. The molecule has 34 heavy (non-hydrogen) atoms. The molecule has 0 aliphatic rings. The van der Waals surface area contributed by atoms with E-state index in [4.69, 9.17) is 18.9 Å². The first-order valence-electron chi connectivity index (χ1n) is 11.4. The van der Waals surface area contributed by atoms with Gasteiger partial charge in [-0.1, -0.05) is 6.07 Å². The SMILES string of the molecule is COc1ccc(CCCNCCCS(=O)(=O)N(c2ccc(OC)c(OC)c2)C(C)C)cc1OC. The van der Waals surface area contributed by atoms with Crippen molar-refractivity contribution in [3.8, 4) is 23.0 Å². The molecule has 0 amide bonds. The van der Waals surface area contributed by atoms with Crippen LogP contribution in [0, 0.1) is 0 Å². The highest BCUT2D eigenvalue weighted by molar-refractivity contribution is 7.92. The standard InChI is InChI=1S/C25H38N2O6S/c1-19(2)27(21-11-13-23(31-4)25(18-21)33-6)34(28,29)16-8-15-26-14-7-9-20-10-12-22(30-3)24(17-20)32-5/h10-13,17-19,26H,7-9,14-16H2,1-6H3. The smallest absolute Gasteiger partial charge is 0.235 e. The van der Waals surface area contributed by atoms with E-state index in [9.17, 15) is 8.42 Å². The minimum absolute atomic E-state index is 0.0577. The fourth-order valence-corrected chi connectivity index (χ4v) is 5.58. The maximum atomic E-state index is 13.1. The Morgan fingerprint density at radius 1 is 0.794 bits per heavy atom. The number of nitrogens with zero attached hydrogens (tertiary/aromatic N) is 1. The highest BCUT2D eigenvalue weighted by Crippen LogP contribution is 2.33. The number of nitrogens with one attached hydrogen (secondary N) is 1. The van der Waals surface area contributed by atoms with Crippen molar-refractivity contribution in [2.24, 2.45) is 0 Å². The fourth-order valence-electron chi connectivity index (χ4n) is 3.80. The van der Waals surface area contributed by atoms with Gasteiger partial charge in [-0.05, 0) is 76.0 Å². The fraction of sp³-hybridized carbons (Fsp3) is 0.520. The molecule has 9 heteroatoms. The first kappa shape index (κ1) is 27.6. The zero-order valence-electron chi connectivity index (χ0n) is 21.1. The van der Waals surface area contributed by atoms with Crippen LogP contribution in [0.1, 0.15) is 32.3 Å². The van der Waals surface area contributed by atoms with E-state index < -0.39 is 10.0 Å². The van der Waals surface area contributed by atoms with Crippen LogP contribution in [0.15, 0.2) is 36.4 Å². The van der Waals surface area contributed by atoms with Crippen LogP contribution in [0.25, 0.3) is 0 Å². The number of sulfonamides is 1. The van der Waals surface area contributed by atoms with Crippen LogP contribution in [0.4, 0.5) is 5.69 Å². The first-order chi connectivity index (χ1) is 16.3. The Kier molecular flexibility index (Phi) is 10.8. The second kappa shape index (κ2) is 13.3. The Morgan fingerprint density at radius 3 is 1.94 bits per heavy atom. The van der Waals surface area contributed by atoms with Gasteiger partial charge in [-0.15, -0.1) is 0 Å². The highest BCUT2D eigenvalue weighted by atomic mass is 32.2. The molecule has 0 aliphatic carbocycles. The number of methoxy groups -OCH3 is 4. The van der Waals surface area contributed by atoms with Gasteiger partial charge in [0.1, 0.15) is 0 Å². The summed E-state index contributed by atoms with van der Waals surface area (Å²) in [6.45, 7) is 5.16. The lowest BCUT2D eigenvalue weighted by Gasteiger charge is -2.29. The summed E-state index contributed by atoms with van der Waals surface area (Å²) in [5, 5.41) is 3.35. The largest absolute Gasteiger partial charge is 0.493 e. The van der Waals surface area contributed by atoms with E-state index in [1.165, 1.54) is 17.0 Å². The van der Waals surface area contributed by atoms with Gasteiger partial charge in [0.15, 0.2) is 23.0 Å². The van der Waals surface area contributed by atoms with E-state index in [1.54, 1.807) is 39.5 Å². The van der Waals surface area contributed by atoms with Gasteiger partial charge in [0.25, 0.3) is 0 Å². The van der Waals surface area contributed by atoms with Crippen LogP contribution in [-0.4, -0.2) is 61.7 Å². The van der Waals surface area contributed by atoms with Gasteiger partial charge in [0, 0.05) is 12.1 Å². The average molecular weight is 495 g/mol. The summed E-state index contributed by atoms with van der Waals surface area (Å²) in [5.41, 5.74) is 1.74. The zero-order chi connectivity index (χ0) is 25.1. The molecule has 0 fully saturated rings. The number of anilines is 1. The van der Waals surface area contributed by atoms with Crippen molar-refractivity contribution in [2.75, 3.05) is 51.6 Å². The maximum Gasteiger partial charge on any atom is 0.235 e. The van der Waals surface area contributed by atoms with Gasteiger partial charge in [-0.2, -0.15) is 0 Å². The third-order valence-corrected chi connectivity index (χ3v) is 7.45. The predicted octanol–water partition coefficient (Wildman–Crippen LogP) is 3.88. The molecule has 1 N–H and O–H groups in total. The molecule has 0 spiro atoms. The van der Waals surface area contributed by atoms with Gasteiger partial charge < -0.3 is 24.3 Å². The van der Waals surface area contributed by atoms with Gasteiger partial charge in [0.05, 0.1) is 39.9 Å². The maximum absolute atomic E-state index is 13.1. The average Bonchev–Trinajstić information content (AvgIpc) is 2.82. The Hall–Kier alpha value is -2.65. The number of hydrogen-bond acceptors (Lipinski definition) is 7. The summed E-state index contributed by atoms with van der Waals surface area (Å²) in [7, 11) is 2.84. The second-order valence-corrected chi connectivity index (χ2v) is 10.1. The summed E-state index contributed by atoms with van der Waals surface area (Å²) in [5.74, 6) is 2.56. The van der Waals surface area contributed by atoms with E-state index in [1.807, 2.05) is 32.0 Å². The molecule has 2 rings (SSSR count). The van der Waals surface area contributed by atoms with Crippen molar-refractivity contribution in [1.29, 1.82) is 0 Å². The molecule has 8 nitrogen and oxygen atoms in total. The van der Waals surface area contributed by atoms with Crippen LogP contribution in [0.5, 0.6) is 23.0 Å². The molecule has 0 saturated heterocycles. The predicted molar refractivity (Wildman–Crippen MR) is 136 cm³/mol. The van der Waals surface area contributed by atoms with Crippen LogP contribution in [0.3, 0.4) is 0 Å². The zero-order valence-corrected chi connectivity index (χ0v) is 21.9. The van der Waals surface area contributed by atoms with Crippen molar-refractivity contribution < 1.29 is 27.4 Å².